The van der Waals surface area contributed by atoms with Crippen LogP contribution < -0.4 is 10.5 Å². The molecule has 0 aromatic heterocycles. The Bertz CT molecular complexity index is 747. The molecule has 2 N–H and O–H groups in total. The van der Waals surface area contributed by atoms with Gasteiger partial charge in [-0.3, -0.25) is 4.79 Å². The van der Waals surface area contributed by atoms with Crippen LogP contribution in [0.1, 0.15) is 68.4 Å². The van der Waals surface area contributed by atoms with E-state index in [2.05, 4.69) is 39.8 Å². The largest absolute Gasteiger partial charge is 0.480 e. The maximum Gasteiger partial charge on any atom is 0.203 e. The summed E-state index contributed by atoms with van der Waals surface area (Å²) in [7, 11) is 0. The molecule has 1 atom stereocenters. The maximum atomic E-state index is 13.0. The average molecular weight is 354 g/mol. The van der Waals surface area contributed by atoms with Gasteiger partial charge >= 0.3 is 0 Å². The molecule has 0 heterocycles. The minimum absolute atomic E-state index is 0.00711. The Balaban J connectivity index is 2.22. The van der Waals surface area contributed by atoms with Gasteiger partial charge in [-0.25, -0.2) is 0 Å². The third-order valence-corrected chi connectivity index (χ3v) is 5.11. The molecule has 0 fully saturated rings. The molecule has 140 valence electrons. The van der Waals surface area contributed by atoms with Gasteiger partial charge in [0.1, 0.15) is 5.75 Å². The molecule has 3 nitrogen and oxygen atoms in total. The number of aryl methyl sites for hydroxylation is 1. The number of hydrogen-bond donors (Lipinski definition) is 1. The summed E-state index contributed by atoms with van der Waals surface area (Å²) >= 11 is 0. The number of carbonyl (C=O) groups is 1. The van der Waals surface area contributed by atoms with Gasteiger partial charge in [-0.2, -0.15) is 0 Å². The number of ether oxygens (including phenoxy) is 1. The quantitative estimate of drug-likeness (QED) is 0.489. The third kappa shape index (κ3) is 4.66. The first-order valence-electron chi connectivity index (χ1n) is 9.46. The van der Waals surface area contributed by atoms with E-state index < -0.39 is 6.10 Å². The van der Waals surface area contributed by atoms with Gasteiger partial charge in [0.15, 0.2) is 6.10 Å². The van der Waals surface area contributed by atoms with Gasteiger partial charge in [0.2, 0.25) is 5.78 Å². The molecule has 0 amide bonds. The van der Waals surface area contributed by atoms with Crippen LogP contribution in [0.5, 0.6) is 5.75 Å². The minimum atomic E-state index is -0.518. The molecule has 0 bridgehead atoms. The van der Waals surface area contributed by atoms with E-state index in [0.717, 1.165) is 18.4 Å². The summed E-state index contributed by atoms with van der Waals surface area (Å²) in [5, 5.41) is 0. The summed E-state index contributed by atoms with van der Waals surface area (Å²) in [6.07, 6.45) is 2.06. The summed E-state index contributed by atoms with van der Waals surface area (Å²) < 4.78 is 6.00. The summed E-state index contributed by atoms with van der Waals surface area (Å²) in [6.45, 7) is 10.6. The van der Waals surface area contributed by atoms with Crippen LogP contribution in [0, 0.1) is 6.92 Å². The van der Waals surface area contributed by atoms with Gasteiger partial charge in [-0.15, -0.1) is 0 Å². The highest BCUT2D eigenvalue weighted by atomic mass is 16.5. The number of Topliss-reactive ketones (excluding diaryl/α,β-unsaturated/α-hetero) is 1. The fraction of sp³-hybridized carbons (Fsp3) is 0.435. The van der Waals surface area contributed by atoms with Gasteiger partial charge < -0.3 is 10.5 Å². The molecule has 2 rings (SSSR count). The van der Waals surface area contributed by atoms with Crippen LogP contribution in [-0.4, -0.2) is 11.9 Å². The Kier molecular flexibility index (Phi) is 6.47. The second-order valence-corrected chi connectivity index (χ2v) is 7.62. The van der Waals surface area contributed by atoms with Crippen molar-refractivity contribution in [3.8, 4) is 5.75 Å². The molecule has 0 radical (unpaired) electrons. The summed E-state index contributed by atoms with van der Waals surface area (Å²) in [6, 6.07) is 13.6. The number of rotatable bonds is 8. The summed E-state index contributed by atoms with van der Waals surface area (Å²) in [5.41, 5.74) is 9.73. The molecule has 0 aliphatic carbocycles. The van der Waals surface area contributed by atoms with Crippen molar-refractivity contribution in [3.63, 3.8) is 0 Å². The molecule has 26 heavy (non-hydrogen) atoms. The van der Waals surface area contributed by atoms with Gasteiger partial charge in [0, 0.05) is 5.56 Å². The van der Waals surface area contributed by atoms with E-state index in [9.17, 15) is 4.79 Å². The number of carbonyl (C=O) groups excluding carboxylic acids is 1. The second-order valence-electron chi connectivity index (χ2n) is 7.62. The predicted molar refractivity (Wildman–Crippen MR) is 109 cm³/mol. The van der Waals surface area contributed by atoms with Crippen LogP contribution in [0.4, 0.5) is 5.69 Å². The fourth-order valence-electron chi connectivity index (χ4n) is 2.91. The summed E-state index contributed by atoms with van der Waals surface area (Å²) in [5.74, 6) is 0.582. The molecule has 1 unspecified atom stereocenters. The van der Waals surface area contributed by atoms with Gasteiger partial charge in [-0.05, 0) is 48.4 Å². The number of ketones is 1. The Morgan fingerprint density at radius 3 is 2.31 bits per heavy atom. The van der Waals surface area contributed by atoms with Crippen molar-refractivity contribution < 1.29 is 9.53 Å². The van der Waals surface area contributed by atoms with E-state index in [-0.39, 0.29) is 11.2 Å². The molecular weight excluding hydrogens is 322 g/mol. The predicted octanol–water partition coefficient (Wildman–Crippen LogP) is 5.70. The normalized spacial score (nSPS) is 12.7. The molecule has 3 heteroatoms. The number of benzene rings is 2. The Labute approximate surface area is 157 Å². The number of hydrogen-bond acceptors (Lipinski definition) is 3. The molecular formula is C23H31NO2. The average Bonchev–Trinajstić information content (AvgIpc) is 2.63. The lowest BCUT2D eigenvalue weighted by Gasteiger charge is -2.24. The minimum Gasteiger partial charge on any atom is -0.480 e. The molecule has 2 aromatic rings. The zero-order valence-electron chi connectivity index (χ0n) is 16.6. The van der Waals surface area contributed by atoms with E-state index in [0.29, 0.717) is 23.4 Å². The SMILES string of the molecule is CCCC(Oc1ccc(C)cc1N)C(=O)c1ccc(C(C)(C)CC)cc1. The number of nitrogen functional groups attached to an aromatic ring is 1. The van der Waals surface area contributed by atoms with Gasteiger partial charge in [-0.1, -0.05) is 64.4 Å². The zero-order chi connectivity index (χ0) is 19.3. The van der Waals surface area contributed by atoms with Gasteiger partial charge in [0.05, 0.1) is 5.69 Å². The highest BCUT2D eigenvalue weighted by molar-refractivity contribution is 5.99. The Morgan fingerprint density at radius 2 is 1.77 bits per heavy atom. The van der Waals surface area contributed by atoms with Crippen molar-refractivity contribution in [1.29, 1.82) is 0 Å². The van der Waals surface area contributed by atoms with Crippen molar-refractivity contribution in [2.45, 2.75) is 65.4 Å². The molecule has 0 aliphatic rings. The van der Waals surface area contributed by atoms with Crippen molar-refractivity contribution >= 4 is 11.5 Å². The van der Waals surface area contributed by atoms with Crippen LogP contribution in [-0.2, 0) is 5.41 Å². The lowest BCUT2D eigenvalue weighted by molar-refractivity contribution is 0.0778. The van der Waals surface area contributed by atoms with Crippen molar-refractivity contribution in [2.24, 2.45) is 0 Å². The van der Waals surface area contributed by atoms with Crippen molar-refractivity contribution in [3.05, 3.63) is 59.2 Å². The zero-order valence-corrected chi connectivity index (χ0v) is 16.6. The molecule has 0 saturated heterocycles. The van der Waals surface area contributed by atoms with Crippen molar-refractivity contribution in [1.82, 2.24) is 0 Å². The first kappa shape index (κ1) is 20.0. The van der Waals surface area contributed by atoms with Crippen LogP contribution in [0.3, 0.4) is 0 Å². The lowest BCUT2D eigenvalue weighted by atomic mass is 9.82. The van der Waals surface area contributed by atoms with E-state index in [1.165, 1.54) is 5.56 Å². The van der Waals surface area contributed by atoms with Crippen LogP contribution in [0.15, 0.2) is 42.5 Å². The second kappa shape index (κ2) is 8.39. The topological polar surface area (TPSA) is 52.3 Å². The standard InChI is InChI=1S/C23H31NO2/c1-6-8-21(26-20-14-9-16(3)15-19(20)24)22(25)17-10-12-18(13-11-17)23(4,5)7-2/h9-15,21H,6-8,24H2,1-5H3. The molecule has 0 aliphatic heterocycles. The van der Waals surface area contributed by atoms with Crippen LogP contribution in [0.25, 0.3) is 0 Å². The monoisotopic (exact) mass is 353 g/mol. The number of anilines is 1. The fourth-order valence-corrected chi connectivity index (χ4v) is 2.91. The van der Waals surface area contributed by atoms with E-state index in [4.69, 9.17) is 10.5 Å². The third-order valence-electron chi connectivity index (χ3n) is 5.11. The highest BCUT2D eigenvalue weighted by Gasteiger charge is 2.23. The van der Waals surface area contributed by atoms with E-state index >= 15 is 0 Å². The first-order chi connectivity index (χ1) is 12.3. The van der Waals surface area contributed by atoms with E-state index in [1.54, 1.807) is 0 Å². The lowest BCUT2D eigenvalue weighted by Crippen LogP contribution is -2.28. The Hall–Kier alpha value is -2.29. The molecule has 0 spiro atoms. The van der Waals surface area contributed by atoms with Crippen LogP contribution in [0.2, 0.25) is 0 Å². The maximum absolute atomic E-state index is 13.0. The first-order valence-corrected chi connectivity index (χ1v) is 9.46. The highest BCUT2D eigenvalue weighted by Crippen LogP contribution is 2.28. The van der Waals surface area contributed by atoms with Crippen LogP contribution >= 0.6 is 0 Å². The van der Waals surface area contributed by atoms with E-state index in [1.807, 2.05) is 37.3 Å². The Morgan fingerprint density at radius 1 is 1.12 bits per heavy atom. The summed E-state index contributed by atoms with van der Waals surface area (Å²) in [4.78, 5) is 13.0. The molecule has 2 aromatic carbocycles. The van der Waals surface area contributed by atoms with Crippen molar-refractivity contribution in [2.75, 3.05) is 5.73 Å². The molecule has 0 saturated carbocycles. The smallest absolute Gasteiger partial charge is 0.203 e. The number of nitrogens with two attached hydrogens (primary N) is 1. The van der Waals surface area contributed by atoms with Gasteiger partial charge in [0.25, 0.3) is 0 Å².